The van der Waals surface area contributed by atoms with Crippen molar-refractivity contribution in [2.45, 2.75) is 297 Å². The molecule has 0 saturated heterocycles. The monoisotopic (exact) mass is 791 g/mol. The van der Waals surface area contributed by atoms with Crippen LogP contribution in [0.5, 0.6) is 0 Å². The van der Waals surface area contributed by atoms with E-state index in [2.05, 4.69) is 37.7 Å². The minimum absolute atomic E-state index is 0.0182. The summed E-state index contributed by atoms with van der Waals surface area (Å²) in [6, 6.07) is 0. The third-order valence-corrected chi connectivity index (χ3v) is 12.3. The number of rotatable bonds is 49. The molecular weight excluding hydrogens is 685 g/mol. The summed E-state index contributed by atoms with van der Waals surface area (Å²) >= 11 is 0. The molecule has 56 heavy (non-hydrogen) atoms. The predicted molar refractivity (Wildman–Crippen MR) is 251 cm³/mol. The lowest BCUT2D eigenvalue weighted by Crippen LogP contribution is -2.37. The van der Waals surface area contributed by atoms with Crippen LogP contribution < -0.4 is 0 Å². The first-order valence-electron chi connectivity index (χ1n) is 26.4. The van der Waals surface area contributed by atoms with Crippen LogP contribution in [0, 0.1) is 0 Å². The van der Waals surface area contributed by atoms with Gasteiger partial charge >= 0.3 is 5.97 Å². The van der Waals surface area contributed by atoms with Gasteiger partial charge in [-0.3, -0.25) is 4.90 Å². The smallest absolute Gasteiger partial charge is 0.339 e. The van der Waals surface area contributed by atoms with Gasteiger partial charge < -0.3 is 4.84 Å². The second kappa shape index (κ2) is 48.8. The second-order valence-electron chi connectivity index (χ2n) is 18.1. The van der Waals surface area contributed by atoms with Gasteiger partial charge in [0.05, 0.1) is 6.54 Å². The van der Waals surface area contributed by atoms with Gasteiger partial charge in [-0.05, 0) is 38.8 Å². The molecule has 4 heteroatoms. The number of carbonyl (C=O) groups is 1. The van der Waals surface area contributed by atoms with E-state index in [1.807, 2.05) is 0 Å². The molecule has 0 N–H and O–H groups in total. The minimum atomic E-state index is -0.0182. The van der Waals surface area contributed by atoms with Crippen molar-refractivity contribution < 1.29 is 9.63 Å². The van der Waals surface area contributed by atoms with Crippen molar-refractivity contribution in [3.63, 3.8) is 0 Å². The molecule has 0 saturated carbocycles. The molecule has 0 spiro atoms. The average Bonchev–Trinajstić information content (AvgIpc) is 3.20. The molecule has 0 radical (unpaired) electrons. The Balaban J connectivity index is 4.81. The summed E-state index contributed by atoms with van der Waals surface area (Å²) in [6.45, 7) is 13.5. The highest BCUT2D eigenvalue weighted by Crippen LogP contribution is 2.16. The van der Waals surface area contributed by atoms with Crippen molar-refractivity contribution in [1.82, 2.24) is 9.96 Å². The Bertz CT molecular complexity index is 680. The molecule has 0 rings (SSSR count). The van der Waals surface area contributed by atoms with Gasteiger partial charge in [-0.15, -0.1) is 5.06 Å². The van der Waals surface area contributed by atoms with E-state index in [0.29, 0.717) is 6.54 Å². The van der Waals surface area contributed by atoms with Gasteiger partial charge in [0.15, 0.2) is 0 Å². The third-order valence-electron chi connectivity index (χ3n) is 12.3. The van der Waals surface area contributed by atoms with Gasteiger partial charge in [-0.25, -0.2) is 4.79 Å². The molecule has 0 aromatic heterocycles. The summed E-state index contributed by atoms with van der Waals surface area (Å²) in [5.74, 6) is -0.0182. The molecule has 0 aromatic carbocycles. The maximum absolute atomic E-state index is 13.5. The quantitative estimate of drug-likeness (QED) is 0.0454. The first-order chi connectivity index (χ1) is 27.7. The molecule has 0 aliphatic heterocycles. The lowest BCUT2D eigenvalue weighted by molar-refractivity contribution is -0.192. The molecule has 0 aliphatic carbocycles. The average molecular weight is 791 g/mol. The molecule has 0 atom stereocenters. The maximum Gasteiger partial charge on any atom is 0.339 e. The number of carbonyl (C=O) groups excluding carboxylic acids is 1. The highest BCUT2D eigenvalue weighted by Gasteiger charge is 2.16. The molecule has 336 valence electrons. The summed E-state index contributed by atoms with van der Waals surface area (Å²) in [5, 5.41) is 2.07. The normalized spacial score (nSPS) is 11.8. The lowest BCUT2D eigenvalue weighted by atomic mass is 10.1. The zero-order chi connectivity index (χ0) is 40.7. The topological polar surface area (TPSA) is 32.8 Å². The van der Waals surface area contributed by atoms with Crippen molar-refractivity contribution in [3.8, 4) is 0 Å². The minimum Gasteiger partial charge on any atom is -0.367 e. The van der Waals surface area contributed by atoms with Gasteiger partial charge in [0.2, 0.25) is 0 Å². The molecule has 4 nitrogen and oxygen atoms in total. The first-order valence-corrected chi connectivity index (χ1v) is 26.4. The van der Waals surface area contributed by atoms with E-state index in [9.17, 15) is 4.79 Å². The van der Waals surface area contributed by atoms with Crippen LogP contribution >= 0.6 is 0 Å². The van der Waals surface area contributed by atoms with Crippen molar-refractivity contribution in [1.29, 1.82) is 0 Å². The van der Waals surface area contributed by atoms with Gasteiger partial charge in [0.1, 0.15) is 0 Å². The number of hydroxylamine groups is 2. The van der Waals surface area contributed by atoms with Gasteiger partial charge in [0, 0.05) is 13.1 Å². The Hall–Kier alpha value is -0.610. The number of hydrogen-bond acceptors (Lipinski definition) is 4. The third kappa shape index (κ3) is 44.5. The Morgan fingerprint density at radius 2 is 0.482 bits per heavy atom. The molecule has 0 amide bonds. The highest BCUT2D eigenvalue weighted by molar-refractivity contribution is 5.71. The largest absolute Gasteiger partial charge is 0.367 e. The van der Waals surface area contributed by atoms with E-state index in [0.717, 1.165) is 39.0 Å². The summed E-state index contributed by atoms with van der Waals surface area (Å²) in [7, 11) is 0. The van der Waals surface area contributed by atoms with Crippen LogP contribution in [0.15, 0.2) is 0 Å². The molecule has 0 aromatic rings. The summed E-state index contributed by atoms with van der Waals surface area (Å²) in [6.07, 6.45) is 56.9. The first kappa shape index (κ1) is 55.4. The van der Waals surface area contributed by atoms with Crippen molar-refractivity contribution in [3.05, 3.63) is 0 Å². The maximum atomic E-state index is 13.5. The molecule has 0 aliphatic rings. The Morgan fingerprint density at radius 1 is 0.286 bits per heavy atom. The van der Waals surface area contributed by atoms with Crippen LogP contribution in [0.25, 0.3) is 0 Å². The number of nitrogens with zero attached hydrogens (tertiary/aromatic N) is 2. The van der Waals surface area contributed by atoms with Crippen LogP contribution in [0.3, 0.4) is 0 Å². The van der Waals surface area contributed by atoms with E-state index in [4.69, 9.17) is 4.84 Å². The predicted octanol–water partition coefficient (Wildman–Crippen LogP) is 17.5. The zero-order valence-corrected chi connectivity index (χ0v) is 39.4. The fourth-order valence-electron chi connectivity index (χ4n) is 8.38. The van der Waals surface area contributed by atoms with E-state index in [1.165, 1.54) is 257 Å². The highest BCUT2D eigenvalue weighted by atomic mass is 16.7. The van der Waals surface area contributed by atoms with Crippen molar-refractivity contribution in [2.75, 3.05) is 32.7 Å². The molecule has 0 unspecified atom stereocenters. The van der Waals surface area contributed by atoms with Gasteiger partial charge in [0.25, 0.3) is 0 Å². The van der Waals surface area contributed by atoms with Crippen LogP contribution in [-0.4, -0.2) is 48.7 Å². The van der Waals surface area contributed by atoms with E-state index in [1.54, 1.807) is 0 Å². The Kier molecular flexibility index (Phi) is 48.2. The van der Waals surface area contributed by atoms with Crippen LogP contribution in [0.2, 0.25) is 0 Å². The van der Waals surface area contributed by atoms with Crippen molar-refractivity contribution in [2.24, 2.45) is 0 Å². The lowest BCUT2D eigenvalue weighted by Gasteiger charge is -2.25. The Labute approximate surface area is 354 Å². The van der Waals surface area contributed by atoms with Crippen LogP contribution in [-0.2, 0) is 9.63 Å². The second-order valence-corrected chi connectivity index (χ2v) is 18.1. The molecule has 0 bridgehead atoms. The summed E-state index contributed by atoms with van der Waals surface area (Å²) in [4.78, 5) is 22.2. The van der Waals surface area contributed by atoms with E-state index < -0.39 is 0 Å². The zero-order valence-electron chi connectivity index (χ0n) is 39.4. The fraction of sp³-hybridized carbons (Fsp3) is 0.981. The number of unbranched alkanes of at least 4 members (excludes halogenated alkanes) is 38. The van der Waals surface area contributed by atoms with E-state index in [-0.39, 0.29) is 5.97 Å². The van der Waals surface area contributed by atoms with Crippen LogP contribution in [0.1, 0.15) is 297 Å². The SMILES string of the molecule is CCCCCCCCCCCCCN(CCCCCCCCCCCCC)OC(=O)CN(CCCCCCCCCCCC)CCCCCCCCCCCC. The molecular formula is C52H106N2O2. The van der Waals surface area contributed by atoms with Gasteiger partial charge in [-0.2, -0.15) is 0 Å². The number of hydrogen-bond donors (Lipinski definition) is 0. The van der Waals surface area contributed by atoms with Crippen LogP contribution in [0.4, 0.5) is 0 Å². The van der Waals surface area contributed by atoms with Crippen molar-refractivity contribution >= 4 is 5.97 Å². The molecule has 0 heterocycles. The summed E-state index contributed by atoms with van der Waals surface area (Å²) < 4.78 is 0. The van der Waals surface area contributed by atoms with Gasteiger partial charge in [-0.1, -0.05) is 272 Å². The Morgan fingerprint density at radius 3 is 0.714 bits per heavy atom. The van der Waals surface area contributed by atoms with E-state index >= 15 is 0 Å². The standard InChI is InChI=1S/C52H106N2O2/c1-5-9-13-17-21-25-29-33-37-41-45-49-54(50-46-42-38-34-30-26-22-18-14-10-6-2)56-52(55)51-53(47-43-39-35-31-27-23-19-15-11-7-3)48-44-40-36-32-28-24-20-16-12-8-4/h5-51H2,1-4H3. The molecule has 0 fully saturated rings. The summed E-state index contributed by atoms with van der Waals surface area (Å²) in [5.41, 5.74) is 0. The fourth-order valence-corrected chi connectivity index (χ4v) is 8.38.